The lowest BCUT2D eigenvalue weighted by Gasteiger charge is -2.12. The summed E-state index contributed by atoms with van der Waals surface area (Å²) in [7, 11) is 0. The maximum atomic E-state index is 12.8. The van der Waals surface area contributed by atoms with Crippen molar-refractivity contribution in [1.29, 1.82) is 0 Å². The van der Waals surface area contributed by atoms with Gasteiger partial charge in [0.25, 0.3) is 5.91 Å². The molecule has 5 N–H and O–H groups in total. The van der Waals surface area contributed by atoms with Crippen LogP contribution >= 0.6 is 11.3 Å². The highest BCUT2D eigenvalue weighted by atomic mass is 32.1. The highest BCUT2D eigenvalue weighted by Crippen LogP contribution is 2.32. The average molecular weight is 424 g/mol. The molecule has 2 heterocycles. The maximum Gasteiger partial charge on any atom is 0.416 e. The van der Waals surface area contributed by atoms with E-state index in [-0.39, 0.29) is 17.2 Å². The van der Waals surface area contributed by atoms with Crippen molar-refractivity contribution in [3.63, 3.8) is 0 Å². The molecule has 0 aliphatic carbocycles. The monoisotopic (exact) mass is 424 g/mol. The Morgan fingerprint density at radius 3 is 2.76 bits per heavy atom. The van der Waals surface area contributed by atoms with E-state index < -0.39 is 29.4 Å². The van der Waals surface area contributed by atoms with Crippen molar-refractivity contribution in [3.8, 4) is 5.75 Å². The number of nitrogens with zero attached hydrogens (tertiary/aromatic N) is 3. The minimum atomic E-state index is -4.44. The van der Waals surface area contributed by atoms with Gasteiger partial charge in [0.1, 0.15) is 6.33 Å². The van der Waals surface area contributed by atoms with Crippen molar-refractivity contribution in [2.24, 2.45) is 0 Å². The fourth-order valence-electron chi connectivity index (χ4n) is 2.34. The molecule has 0 spiro atoms. The van der Waals surface area contributed by atoms with E-state index in [0.717, 1.165) is 29.8 Å². The Hall–Kier alpha value is -3.41. The molecule has 3 rings (SSSR count). The maximum absolute atomic E-state index is 12.8. The third-order valence-corrected chi connectivity index (χ3v) is 4.90. The number of carbonyl (C=O) groups excluding carboxylic acids is 1. The minimum Gasteiger partial charge on any atom is -0.503 e. The number of hydrogen-bond donors (Lipinski definition) is 4. The molecule has 0 saturated heterocycles. The van der Waals surface area contributed by atoms with Gasteiger partial charge in [-0.15, -0.1) is 0 Å². The fourth-order valence-corrected chi connectivity index (χ4v) is 3.17. The van der Waals surface area contributed by atoms with E-state index in [0.29, 0.717) is 10.0 Å². The molecular weight excluding hydrogens is 409 g/mol. The molecule has 12 heteroatoms. The predicted molar refractivity (Wildman–Crippen MR) is 101 cm³/mol. The van der Waals surface area contributed by atoms with Gasteiger partial charge in [-0.05, 0) is 25.1 Å². The van der Waals surface area contributed by atoms with Gasteiger partial charge in [-0.2, -0.15) is 13.2 Å². The largest absolute Gasteiger partial charge is 0.503 e. The summed E-state index contributed by atoms with van der Waals surface area (Å²) < 4.78 is 38.4. The Bertz CT molecular complexity index is 1040. The summed E-state index contributed by atoms with van der Waals surface area (Å²) in [5, 5.41) is 15.6. The molecule has 8 nitrogen and oxygen atoms in total. The lowest BCUT2D eigenvalue weighted by atomic mass is 10.2. The molecular formula is C17H15F3N6O2S. The van der Waals surface area contributed by atoms with E-state index in [1.165, 1.54) is 18.3 Å². The molecule has 0 saturated carbocycles. The Kier molecular flexibility index (Phi) is 5.55. The zero-order valence-corrected chi connectivity index (χ0v) is 15.7. The van der Waals surface area contributed by atoms with Crippen molar-refractivity contribution in [2.75, 3.05) is 11.1 Å². The summed E-state index contributed by atoms with van der Waals surface area (Å²) in [4.78, 5) is 24.3. The van der Waals surface area contributed by atoms with Gasteiger partial charge >= 0.3 is 6.18 Å². The number of alkyl halides is 3. The molecule has 1 atom stereocenters. The second-order valence-electron chi connectivity index (χ2n) is 5.92. The molecule has 1 aromatic carbocycles. The second-order valence-corrected chi connectivity index (χ2v) is 6.98. The number of rotatable bonds is 5. The number of halogens is 3. The van der Waals surface area contributed by atoms with Crippen molar-refractivity contribution in [1.82, 2.24) is 20.3 Å². The van der Waals surface area contributed by atoms with Crippen molar-refractivity contribution < 1.29 is 23.1 Å². The van der Waals surface area contributed by atoms with Crippen LogP contribution in [0, 0.1) is 0 Å². The standard InChI is InChI=1S/C17H15F3N6O2S/c1-8(25-15(28)12-13(27)14(21)24-7-23-12)11-6-22-16(29-11)26-10-4-2-3-9(5-10)17(18,19)20/h2-8,27H,1H3,(H,22,26)(H,25,28)(H2,21,23,24). The van der Waals surface area contributed by atoms with Gasteiger partial charge in [0.05, 0.1) is 11.6 Å². The van der Waals surface area contributed by atoms with Crippen LogP contribution in [0.15, 0.2) is 36.8 Å². The molecule has 0 aliphatic heterocycles. The normalized spacial score (nSPS) is 12.4. The SMILES string of the molecule is CC(NC(=O)c1ncnc(N)c1O)c1cnc(Nc2cccc(C(F)(F)F)c2)s1. The second kappa shape index (κ2) is 7.91. The lowest BCUT2D eigenvalue weighted by Crippen LogP contribution is -2.27. The molecule has 0 radical (unpaired) electrons. The third-order valence-electron chi connectivity index (χ3n) is 3.80. The van der Waals surface area contributed by atoms with Gasteiger partial charge in [0.15, 0.2) is 22.4 Å². The smallest absolute Gasteiger partial charge is 0.416 e. The number of nitrogens with two attached hydrogens (primary N) is 1. The van der Waals surface area contributed by atoms with Crippen LogP contribution in [0.2, 0.25) is 0 Å². The van der Waals surface area contributed by atoms with Gasteiger partial charge < -0.3 is 21.5 Å². The number of thiazole rings is 1. The van der Waals surface area contributed by atoms with Crippen LogP contribution in [0.1, 0.15) is 33.9 Å². The number of carbonyl (C=O) groups is 1. The molecule has 1 amide bonds. The highest BCUT2D eigenvalue weighted by Gasteiger charge is 2.30. The first-order valence-corrected chi connectivity index (χ1v) is 8.97. The number of nitrogens with one attached hydrogen (secondary N) is 2. The van der Waals surface area contributed by atoms with Crippen molar-refractivity contribution in [3.05, 3.63) is 52.9 Å². The van der Waals surface area contributed by atoms with E-state index in [9.17, 15) is 23.1 Å². The van der Waals surface area contributed by atoms with Crippen LogP contribution in [-0.4, -0.2) is 26.0 Å². The number of benzene rings is 1. The highest BCUT2D eigenvalue weighted by molar-refractivity contribution is 7.15. The molecule has 3 aromatic rings. The van der Waals surface area contributed by atoms with Crippen molar-refractivity contribution >= 4 is 33.9 Å². The Balaban J connectivity index is 1.69. The summed E-state index contributed by atoms with van der Waals surface area (Å²) in [5.74, 6) is -1.40. The summed E-state index contributed by atoms with van der Waals surface area (Å²) in [6.07, 6.45) is -1.90. The van der Waals surface area contributed by atoms with Gasteiger partial charge in [-0.3, -0.25) is 4.79 Å². The average Bonchev–Trinajstić information content (AvgIpc) is 3.12. The van der Waals surface area contributed by atoms with E-state index in [1.807, 2.05) is 0 Å². The number of amides is 1. The molecule has 1 unspecified atom stereocenters. The predicted octanol–water partition coefficient (Wildman–Crippen LogP) is 3.47. The molecule has 0 fully saturated rings. The Labute approximate surface area is 166 Å². The van der Waals surface area contributed by atoms with Crippen LogP contribution in [0.4, 0.5) is 29.8 Å². The zero-order chi connectivity index (χ0) is 21.2. The topological polar surface area (TPSA) is 126 Å². The number of nitrogen functional groups attached to an aromatic ring is 1. The van der Waals surface area contributed by atoms with Crippen LogP contribution in [-0.2, 0) is 6.18 Å². The molecule has 0 bridgehead atoms. The quantitative estimate of drug-likeness (QED) is 0.494. The van der Waals surface area contributed by atoms with E-state index >= 15 is 0 Å². The molecule has 2 aromatic heterocycles. The van der Waals surface area contributed by atoms with Crippen LogP contribution in [0.25, 0.3) is 0 Å². The molecule has 29 heavy (non-hydrogen) atoms. The summed E-state index contributed by atoms with van der Waals surface area (Å²) in [6, 6.07) is 4.24. The zero-order valence-electron chi connectivity index (χ0n) is 14.9. The first-order valence-electron chi connectivity index (χ1n) is 8.15. The lowest BCUT2D eigenvalue weighted by molar-refractivity contribution is -0.137. The van der Waals surface area contributed by atoms with Gasteiger partial charge in [-0.1, -0.05) is 17.4 Å². The molecule has 152 valence electrons. The Morgan fingerprint density at radius 2 is 2.03 bits per heavy atom. The van der Waals surface area contributed by atoms with Crippen LogP contribution < -0.4 is 16.4 Å². The minimum absolute atomic E-state index is 0.219. The number of aromatic hydroxyl groups is 1. The van der Waals surface area contributed by atoms with E-state index in [2.05, 4.69) is 25.6 Å². The van der Waals surface area contributed by atoms with Crippen LogP contribution in [0.3, 0.4) is 0 Å². The third kappa shape index (κ3) is 4.71. The first kappa shape index (κ1) is 20.3. The number of hydrogen-bond acceptors (Lipinski definition) is 8. The summed E-state index contributed by atoms with van der Waals surface area (Å²) in [5.41, 5.74) is 4.64. The van der Waals surface area contributed by atoms with Gasteiger partial charge in [-0.25, -0.2) is 15.0 Å². The van der Waals surface area contributed by atoms with Crippen LogP contribution in [0.5, 0.6) is 5.75 Å². The first-order chi connectivity index (χ1) is 13.6. The van der Waals surface area contributed by atoms with E-state index in [1.54, 1.807) is 6.92 Å². The Morgan fingerprint density at radius 1 is 1.28 bits per heavy atom. The number of aromatic nitrogens is 3. The van der Waals surface area contributed by atoms with Crippen molar-refractivity contribution in [2.45, 2.75) is 19.1 Å². The number of anilines is 3. The molecule has 0 aliphatic rings. The van der Waals surface area contributed by atoms with Gasteiger partial charge in [0, 0.05) is 16.8 Å². The summed E-state index contributed by atoms with van der Waals surface area (Å²) >= 11 is 1.16. The fraction of sp³-hybridized carbons (Fsp3) is 0.176. The summed E-state index contributed by atoms with van der Waals surface area (Å²) in [6.45, 7) is 1.68. The van der Waals surface area contributed by atoms with E-state index in [4.69, 9.17) is 5.73 Å². The van der Waals surface area contributed by atoms with Gasteiger partial charge in [0.2, 0.25) is 0 Å².